The van der Waals surface area contributed by atoms with Crippen LogP contribution >= 0.6 is 0 Å². The summed E-state index contributed by atoms with van der Waals surface area (Å²) in [4.78, 5) is 0. The highest BCUT2D eigenvalue weighted by Gasteiger charge is 1.96. The van der Waals surface area contributed by atoms with Gasteiger partial charge in [0.25, 0.3) is 0 Å². The fourth-order valence-electron chi connectivity index (χ4n) is 0.942. The molecule has 0 unspecified atom stereocenters. The molecule has 46 valence electrons. The third kappa shape index (κ3) is 1.02. The van der Waals surface area contributed by atoms with E-state index >= 15 is 0 Å². The van der Waals surface area contributed by atoms with Crippen molar-refractivity contribution >= 4 is 7.98 Å². The molecule has 0 aliphatic heterocycles. The van der Waals surface area contributed by atoms with E-state index in [-0.39, 0.29) is 0 Å². The second kappa shape index (κ2) is 2.30. The van der Waals surface area contributed by atoms with E-state index < -0.39 is 0 Å². The van der Waals surface area contributed by atoms with Crippen LogP contribution in [0.5, 0.6) is 0 Å². The average molecular weight is 119 g/mol. The van der Waals surface area contributed by atoms with E-state index in [9.17, 15) is 0 Å². The Bertz CT molecular complexity index is 203. The van der Waals surface area contributed by atoms with Crippen molar-refractivity contribution in [2.75, 3.05) is 0 Å². The summed E-state index contributed by atoms with van der Waals surface area (Å²) in [6, 6.07) is 2.05. The lowest BCUT2D eigenvalue weighted by Crippen LogP contribution is -1.92. The molecule has 0 aliphatic rings. The highest BCUT2D eigenvalue weighted by Crippen LogP contribution is 2.07. The summed E-state index contributed by atoms with van der Waals surface area (Å²) < 4.78 is 1.65. The van der Waals surface area contributed by atoms with Crippen LogP contribution < -0.4 is 0 Å². The Kier molecular flexibility index (Phi) is 1.65. The van der Waals surface area contributed by atoms with Crippen molar-refractivity contribution in [1.29, 1.82) is 0 Å². The first-order chi connectivity index (χ1) is 4.25. The molecule has 2 radical (unpaired) electrons. The van der Waals surface area contributed by atoms with Crippen LogP contribution in [0.4, 0.5) is 0 Å². The zero-order valence-electron chi connectivity index (χ0n) is 5.89. The SMILES string of the molecule is [B]n1ccc(CC)c1C. The van der Waals surface area contributed by atoms with E-state index in [4.69, 9.17) is 7.98 Å². The molecule has 0 aromatic carbocycles. The van der Waals surface area contributed by atoms with Crippen molar-refractivity contribution < 1.29 is 0 Å². The fraction of sp³-hybridized carbons (Fsp3) is 0.429. The molecular formula is C7H10BN. The van der Waals surface area contributed by atoms with Gasteiger partial charge in [-0.05, 0) is 31.2 Å². The molecule has 0 bridgehead atoms. The third-order valence-electron chi connectivity index (χ3n) is 1.67. The quantitative estimate of drug-likeness (QED) is 0.491. The van der Waals surface area contributed by atoms with E-state index in [1.807, 2.05) is 13.1 Å². The molecule has 0 saturated carbocycles. The van der Waals surface area contributed by atoms with Gasteiger partial charge in [-0.3, -0.25) is 0 Å². The molecule has 1 rings (SSSR count). The van der Waals surface area contributed by atoms with Crippen LogP contribution in [0.1, 0.15) is 18.2 Å². The lowest BCUT2D eigenvalue weighted by molar-refractivity contribution is 1.07. The molecular weight excluding hydrogens is 109 g/mol. The van der Waals surface area contributed by atoms with Gasteiger partial charge in [-0.15, -0.1) is 0 Å². The van der Waals surface area contributed by atoms with E-state index in [0.717, 1.165) is 12.1 Å². The Balaban J connectivity index is 3.04. The molecule has 1 aromatic heterocycles. The molecule has 0 atom stereocenters. The van der Waals surface area contributed by atoms with Gasteiger partial charge in [-0.25, -0.2) is 0 Å². The second-order valence-electron chi connectivity index (χ2n) is 2.19. The Morgan fingerprint density at radius 2 is 2.33 bits per heavy atom. The van der Waals surface area contributed by atoms with Crippen LogP contribution in [-0.2, 0) is 6.42 Å². The number of aromatic nitrogens is 1. The van der Waals surface area contributed by atoms with Gasteiger partial charge in [0.05, 0.1) is 0 Å². The molecule has 0 saturated heterocycles. The smallest absolute Gasteiger partial charge is 0.233 e. The molecule has 0 N–H and O–H groups in total. The maximum absolute atomic E-state index is 5.53. The molecule has 1 aromatic rings. The first kappa shape index (κ1) is 6.46. The van der Waals surface area contributed by atoms with Gasteiger partial charge in [0, 0.05) is 5.69 Å². The molecule has 0 amide bonds. The summed E-state index contributed by atoms with van der Waals surface area (Å²) in [5.41, 5.74) is 2.50. The lowest BCUT2D eigenvalue weighted by atomic mass is 10.2. The molecule has 0 fully saturated rings. The van der Waals surface area contributed by atoms with Crippen LogP contribution in [0.3, 0.4) is 0 Å². The lowest BCUT2D eigenvalue weighted by Gasteiger charge is -1.96. The Morgan fingerprint density at radius 3 is 2.56 bits per heavy atom. The fourth-order valence-corrected chi connectivity index (χ4v) is 0.942. The summed E-state index contributed by atoms with van der Waals surface area (Å²) in [6.07, 6.45) is 2.95. The van der Waals surface area contributed by atoms with Crippen molar-refractivity contribution in [1.82, 2.24) is 4.48 Å². The van der Waals surface area contributed by atoms with Crippen LogP contribution in [0.25, 0.3) is 0 Å². The largest absolute Gasteiger partial charge is 0.407 e. The van der Waals surface area contributed by atoms with Crippen molar-refractivity contribution in [3.8, 4) is 0 Å². The van der Waals surface area contributed by atoms with E-state index in [1.165, 1.54) is 5.56 Å². The van der Waals surface area contributed by atoms with Gasteiger partial charge in [0.1, 0.15) is 0 Å². The number of rotatable bonds is 1. The highest BCUT2D eigenvalue weighted by atomic mass is 14.8. The van der Waals surface area contributed by atoms with Crippen molar-refractivity contribution in [3.05, 3.63) is 23.5 Å². The minimum Gasteiger partial charge on any atom is -0.407 e. The zero-order valence-corrected chi connectivity index (χ0v) is 5.89. The predicted octanol–water partition coefficient (Wildman–Crippen LogP) is 1.29. The van der Waals surface area contributed by atoms with Crippen molar-refractivity contribution in [3.63, 3.8) is 0 Å². The topological polar surface area (TPSA) is 4.93 Å². The standard InChI is InChI=1S/C7H10BN/c1-3-7-4-5-9(8)6(7)2/h4-5H,3H2,1-2H3. The van der Waals surface area contributed by atoms with Gasteiger partial charge in [-0.1, -0.05) is 6.92 Å². The molecule has 0 spiro atoms. The van der Waals surface area contributed by atoms with Crippen molar-refractivity contribution in [2.24, 2.45) is 0 Å². The van der Waals surface area contributed by atoms with Gasteiger partial charge < -0.3 is 4.48 Å². The minimum absolute atomic E-state index is 1.07. The van der Waals surface area contributed by atoms with Gasteiger partial charge in [0.15, 0.2) is 0 Å². The average Bonchev–Trinajstić information content (AvgIpc) is 2.15. The van der Waals surface area contributed by atoms with E-state index in [1.54, 1.807) is 4.48 Å². The van der Waals surface area contributed by atoms with Crippen LogP contribution in [0, 0.1) is 6.92 Å². The van der Waals surface area contributed by atoms with Gasteiger partial charge >= 0.3 is 0 Å². The van der Waals surface area contributed by atoms with Crippen molar-refractivity contribution in [2.45, 2.75) is 20.3 Å². The summed E-state index contributed by atoms with van der Waals surface area (Å²) in [5, 5.41) is 0. The highest BCUT2D eigenvalue weighted by molar-refractivity contribution is 6.07. The van der Waals surface area contributed by atoms with Gasteiger partial charge in [0.2, 0.25) is 7.98 Å². The number of hydrogen-bond donors (Lipinski definition) is 0. The maximum atomic E-state index is 5.53. The molecule has 1 heterocycles. The first-order valence-electron chi connectivity index (χ1n) is 3.17. The zero-order chi connectivity index (χ0) is 6.85. The second-order valence-corrected chi connectivity index (χ2v) is 2.19. The van der Waals surface area contributed by atoms with E-state index in [0.29, 0.717) is 0 Å². The van der Waals surface area contributed by atoms with Gasteiger partial charge in [-0.2, -0.15) is 0 Å². The number of nitrogens with zero attached hydrogens (tertiary/aromatic N) is 1. The number of hydrogen-bond acceptors (Lipinski definition) is 0. The summed E-state index contributed by atoms with van der Waals surface area (Å²) in [7, 11) is 5.53. The minimum atomic E-state index is 1.07. The normalized spacial score (nSPS) is 10.0. The summed E-state index contributed by atoms with van der Waals surface area (Å²) in [5.74, 6) is 0. The van der Waals surface area contributed by atoms with Crippen LogP contribution in [0.2, 0.25) is 0 Å². The van der Waals surface area contributed by atoms with Crippen LogP contribution in [0.15, 0.2) is 12.3 Å². The molecule has 2 heteroatoms. The summed E-state index contributed by atoms with van der Waals surface area (Å²) in [6.45, 7) is 4.15. The Morgan fingerprint density at radius 1 is 1.67 bits per heavy atom. The molecule has 9 heavy (non-hydrogen) atoms. The molecule has 0 aliphatic carbocycles. The third-order valence-corrected chi connectivity index (χ3v) is 1.67. The number of aryl methyl sites for hydroxylation is 1. The maximum Gasteiger partial charge on any atom is 0.233 e. The Hall–Kier alpha value is -0.655. The van der Waals surface area contributed by atoms with E-state index in [2.05, 4.69) is 13.0 Å². The Labute approximate surface area is 57.1 Å². The first-order valence-corrected chi connectivity index (χ1v) is 3.17. The molecule has 1 nitrogen and oxygen atoms in total. The van der Waals surface area contributed by atoms with Crippen LogP contribution in [-0.4, -0.2) is 12.5 Å². The predicted molar refractivity (Wildman–Crippen MR) is 39.7 cm³/mol. The monoisotopic (exact) mass is 119 g/mol. The summed E-state index contributed by atoms with van der Waals surface area (Å²) >= 11 is 0.